The van der Waals surface area contributed by atoms with E-state index in [1.165, 1.54) is 0 Å². The molecule has 2 atom stereocenters. The highest BCUT2D eigenvalue weighted by Gasteiger charge is 2.33. The number of hydrogen-bond donors (Lipinski definition) is 1. The molecular formula is C19H28N2O4. The van der Waals surface area contributed by atoms with Gasteiger partial charge in [-0.2, -0.15) is 0 Å². The lowest BCUT2D eigenvalue weighted by molar-refractivity contribution is -0.134. The molecule has 0 unspecified atom stereocenters. The minimum atomic E-state index is -0.198. The predicted octanol–water partition coefficient (Wildman–Crippen LogP) is 1.52. The van der Waals surface area contributed by atoms with Crippen molar-refractivity contribution in [3.63, 3.8) is 0 Å². The fraction of sp³-hybridized carbons (Fsp3) is 0.632. The fourth-order valence-corrected chi connectivity index (χ4v) is 3.79. The highest BCUT2D eigenvalue weighted by Crippen LogP contribution is 2.26. The zero-order valence-electron chi connectivity index (χ0n) is 14.9. The molecule has 1 saturated heterocycles. The molecule has 138 valence electrons. The first-order valence-electron chi connectivity index (χ1n) is 9.14. The van der Waals surface area contributed by atoms with Crippen LogP contribution >= 0.6 is 0 Å². The molecule has 0 bridgehead atoms. The Hall–Kier alpha value is -1.79. The van der Waals surface area contributed by atoms with Gasteiger partial charge in [-0.25, -0.2) is 0 Å². The second-order valence-electron chi connectivity index (χ2n) is 6.73. The van der Waals surface area contributed by atoms with E-state index >= 15 is 0 Å². The van der Waals surface area contributed by atoms with Crippen LogP contribution in [0.15, 0.2) is 24.3 Å². The van der Waals surface area contributed by atoms with Crippen molar-refractivity contribution >= 4 is 5.91 Å². The van der Waals surface area contributed by atoms with Crippen LogP contribution in [0.3, 0.4) is 0 Å². The second-order valence-corrected chi connectivity index (χ2v) is 6.73. The van der Waals surface area contributed by atoms with Gasteiger partial charge in [0.25, 0.3) is 0 Å². The molecule has 1 amide bonds. The minimum Gasteiger partial charge on any atom is -0.493 e. The summed E-state index contributed by atoms with van der Waals surface area (Å²) in [5.41, 5.74) is 0. The van der Waals surface area contributed by atoms with Gasteiger partial charge in [-0.15, -0.1) is 0 Å². The largest absolute Gasteiger partial charge is 0.493 e. The molecule has 1 N–H and O–H groups in total. The molecule has 1 aliphatic carbocycles. The molecule has 0 spiro atoms. The number of methoxy groups -OCH3 is 1. The van der Waals surface area contributed by atoms with Crippen molar-refractivity contribution in [3.8, 4) is 11.5 Å². The van der Waals surface area contributed by atoms with E-state index in [9.17, 15) is 9.90 Å². The molecule has 1 aromatic carbocycles. The van der Waals surface area contributed by atoms with Crippen LogP contribution in [0.25, 0.3) is 0 Å². The second kappa shape index (κ2) is 8.54. The number of aliphatic hydroxyl groups excluding tert-OH is 1. The van der Waals surface area contributed by atoms with Crippen LogP contribution in [0.1, 0.15) is 25.7 Å². The molecule has 3 rings (SSSR count). The van der Waals surface area contributed by atoms with Crippen LogP contribution in [0.5, 0.6) is 11.5 Å². The van der Waals surface area contributed by atoms with E-state index in [0.717, 1.165) is 45.4 Å². The van der Waals surface area contributed by atoms with E-state index < -0.39 is 0 Å². The number of para-hydroxylation sites is 2. The first-order valence-corrected chi connectivity index (χ1v) is 9.14. The number of piperazine rings is 1. The van der Waals surface area contributed by atoms with Gasteiger partial charge in [0.2, 0.25) is 5.91 Å². The standard InChI is InChI=1S/C19H28N2O4/c1-24-17-7-2-3-8-18(17)25-14-9-19(23)21-12-10-20(11-13-21)15-5-4-6-16(15)22/h2-3,7-8,15-16,22H,4-6,9-14H2,1H3/t15-,16-/m0/s1. The van der Waals surface area contributed by atoms with Gasteiger partial charge in [0.1, 0.15) is 0 Å². The van der Waals surface area contributed by atoms with Gasteiger partial charge in [-0.3, -0.25) is 9.69 Å². The Morgan fingerprint density at radius 2 is 1.88 bits per heavy atom. The molecule has 1 aromatic rings. The molecule has 6 nitrogen and oxygen atoms in total. The number of rotatable bonds is 6. The van der Waals surface area contributed by atoms with Crippen LogP contribution in [0, 0.1) is 0 Å². The molecule has 0 aromatic heterocycles. The molecule has 25 heavy (non-hydrogen) atoms. The summed E-state index contributed by atoms with van der Waals surface area (Å²) in [6.07, 6.45) is 3.25. The Bertz CT molecular complexity index is 572. The van der Waals surface area contributed by atoms with E-state index in [1.807, 2.05) is 29.2 Å². The van der Waals surface area contributed by atoms with E-state index in [-0.39, 0.29) is 18.1 Å². The van der Waals surface area contributed by atoms with Crippen LogP contribution < -0.4 is 9.47 Å². The lowest BCUT2D eigenvalue weighted by Gasteiger charge is -2.39. The van der Waals surface area contributed by atoms with Gasteiger partial charge in [0, 0.05) is 32.2 Å². The Kier molecular flexibility index (Phi) is 6.15. The summed E-state index contributed by atoms with van der Waals surface area (Å²) < 4.78 is 10.9. The van der Waals surface area contributed by atoms with Crippen LogP contribution in [0.4, 0.5) is 0 Å². The maximum atomic E-state index is 12.4. The van der Waals surface area contributed by atoms with Gasteiger partial charge >= 0.3 is 0 Å². The van der Waals surface area contributed by atoms with Gasteiger partial charge in [0.05, 0.1) is 26.2 Å². The van der Waals surface area contributed by atoms with Gasteiger partial charge in [-0.05, 0) is 31.4 Å². The van der Waals surface area contributed by atoms with Crippen molar-refractivity contribution < 1.29 is 19.4 Å². The number of carbonyl (C=O) groups is 1. The number of aliphatic hydroxyl groups is 1. The van der Waals surface area contributed by atoms with E-state index in [2.05, 4.69) is 4.90 Å². The molecule has 1 saturated carbocycles. The Labute approximate surface area is 149 Å². The average Bonchev–Trinajstić information content (AvgIpc) is 3.08. The van der Waals surface area contributed by atoms with Crippen LogP contribution in [-0.4, -0.2) is 72.9 Å². The zero-order valence-corrected chi connectivity index (χ0v) is 14.9. The number of hydrogen-bond acceptors (Lipinski definition) is 5. The third kappa shape index (κ3) is 4.44. The third-order valence-electron chi connectivity index (χ3n) is 5.22. The van der Waals surface area contributed by atoms with Crippen molar-refractivity contribution in [3.05, 3.63) is 24.3 Å². The summed E-state index contributed by atoms with van der Waals surface area (Å²) in [4.78, 5) is 16.6. The molecular weight excluding hydrogens is 320 g/mol. The summed E-state index contributed by atoms with van der Waals surface area (Å²) in [5.74, 6) is 1.47. The molecule has 1 heterocycles. The number of ether oxygens (including phenoxy) is 2. The van der Waals surface area contributed by atoms with Crippen LogP contribution in [0.2, 0.25) is 0 Å². The smallest absolute Gasteiger partial charge is 0.226 e. The first-order chi connectivity index (χ1) is 12.2. The quantitative estimate of drug-likeness (QED) is 0.845. The van der Waals surface area contributed by atoms with Crippen molar-refractivity contribution in [2.75, 3.05) is 39.9 Å². The lowest BCUT2D eigenvalue weighted by Crippen LogP contribution is -2.53. The normalized spacial score (nSPS) is 24.3. The number of nitrogens with zero attached hydrogens (tertiary/aromatic N) is 2. The molecule has 1 aliphatic heterocycles. The predicted molar refractivity (Wildman–Crippen MR) is 94.9 cm³/mol. The Morgan fingerprint density at radius 3 is 2.52 bits per heavy atom. The van der Waals surface area contributed by atoms with Crippen molar-refractivity contribution in [1.82, 2.24) is 9.80 Å². The first kappa shape index (κ1) is 18.0. The maximum absolute atomic E-state index is 12.4. The summed E-state index contributed by atoms with van der Waals surface area (Å²) in [6.45, 7) is 3.51. The highest BCUT2D eigenvalue weighted by molar-refractivity contribution is 5.76. The maximum Gasteiger partial charge on any atom is 0.226 e. The van der Waals surface area contributed by atoms with Crippen LogP contribution in [-0.2, 0) is 4.79 Å². The fourth-order valence-electron chi connectivity index (χ4n) is 3.79. The van der Waals surface area contributed by atoms with E-state index in [0.29, 0.717) is 24.5 Å². The van der Waals surface area contributed by atoms with Gasteiger partial charge in [0.15, 0.2) is 11.5 Å². The highest BCUT2D eigenvalue weighted by atomic mass is 16.5. The van der Waals surface area contributed by atoms with Gasteiger partial charge < -0.3 is 19.5 Å². The van der Waals surface area contributed by atoms with Crippen molar-refractivity contribution in [2.45, 2.75) is 37.8 Å². The Morgan fingerprint density at radius 1 is 1.16 bits per heavy atom. The average molecular weight is 348 g/mol. The summed E-state index contributed by atoms with van der Waals surface area (Å²) in [7, 11) is 1.61. The van der Waals surface area contributed by atoms with Crippen molar-refractivity contribution in [2.24, 2.45) is 0 Å². The number of amides is 1. The zero-order chi connectivity index (χ0) is 17.6. The minimum absolute atomic E-state index is 0.126. The monoisotopic (exact) mass is 348 g/mol. The molecule has 2 fully saturated rings. The topological polar surface area (TPSA) is 62.2 Å². The summed E-state index contributed by atoms with van der Waals surface area (Å²) >= 11 is 0. The number of carbonyl (C=O) groups excluding carboxylic acids is 1. The SMILES string of the molecule is COc1ccccc1OCCC(=O)N1CCN([C@H]2CCC[C@@H]2O)CC1. The Balaban J connectivity index is 1.41. The summed E-state index contributed by atoms with van der Waals surface area (Å²) in [5, 5.41) is 10.0. The van der Waals surface area contributed by atoms with E-state index in [4.69, 9.17) is 9.47 Å². The molecule has 2 aliphatic rings. The molecule has 6 heteroatoms. The molecule has 0 radical (unpaired) electrons. The van der Waals surface area contributed by atoms with E-state index in [1.54, 1.807) is 7.11 Å². The van der Waals surface area contributed by atoms with Crippen molar-refractivity contribution in [1.29, 1.82) is 0 Å². The third-order valence-corrected chi connectivity index (χ3v) is 5.22. The lowest BCUT2D eigenvalue weighted by atomic mass is 10.1. The summed E-state index contributed by atoms with van der Waals surface area (Å²) in [6, 6.07) is 7.74. The number of benzene rings is 1. The van der Waals surface area contributed by atoms with Gasteiger partial charge in [-0.1, -0.05) is 12.1 Å².